The molecule has 0 aliphatic carbocycles. The molecule has 1 aromatic carbocycles. The molecule has 0 radical (unpaired) electrons. The van der Waals surface area contributed by atoms with Crippen molar-refractivity contribution in [3.63, 3.8) is 0 Å². The van der Waals surface area contributed by atoms with Crippen molar-refractivity contribution in [2.45, 2.75) is 12.8 Å². The monoisotopic (exact) mass is 287 g/mol. The third-order valence-electron chi connectivity index (χ3n) is 3.82. The molecule has 1 N–H and O–H groups in total. The zero-order valence-electron chi connectivity index (χ0n) is 12.1. The van der Waals surface area contributed by atoms with E-state index in [1.54, 1.807) is 0 Å². The maximum absolute atomic E-state index is 12.5. The Balaban J connectivity index is 2.01. The third-order valence-corrected chi connectivity index (χ3v) is 3.82. The number of carbonyl (C=O) groups is 1. The fourth-order valence-corrected chi connectivity index (χ4v) is 2.72. The number of amides is 1. The van der Waals surface area contributed by atoms with Gasteiger partial charge >= 0.3 is 0 Å². The van der Waals surface area contributed by atoms with E-state index in [0.717, 1.165) is 31.6 Å². The van der Waals surface area contributed by atoms with Crippen molar-refractivity contribution >= 4 is 11.6 Å². The molecular formula is C16H21N3O2. The first-order valence-corrected chi connectivity index (χ1v) is 7.30. The molecule has 1 aliphatic heterocycles. The highest BCUT2D eigenvalue weighted by atomic mass is 16.3. The van der Waals surface area contributed by atoms with E-state index in [-0.39, 0.29) is 25.0 Å². The van der Waals surface area contributed by atoms with Gasteiger partial charge in [0.25, 0.3) is 0 Å². The lowest BCUT2D eigenvalue weighted by Crippen LogP contribution is -2.45. The fraction of sp³-hybridized carbons (Fsp3) is 0.500. The molecular weight excluding hydrogens is 266 g/mol. The zero-order valence-corrected chi connectivity index (χ0v) is 12.1. The molecule has 0 saturated carbocycles. The second kappa shape index (κ2) is 7.77. The first kappa shape index (κ1) is 15.5. The van der Waals surface area contributed by atoms with Crippen LogP contribution in [0.15, 0.2) is 30.3 Å². The molecule has 1 aliphatic rings. The fourth-order valence-electron chi connectivity index (χ4n) is 2.72. The minimum Gasteiger partial charge on any atom is -0.396 e. The number of piperidine rings is 1. The number of rotatable bonds is 5. The van der Waals surface area contributed by atoms with Gasteiger partial charge in [-0.25, -0.2) is 0 Å². The van der Waals surface area contributed by atoms with Crippen molar-refractivity contribution in [1.29, 1.82) is 5.26 Å². The lowest BCUT2D eigenvalue weighted by molar-refractivity contribution is -0.120. The number of likely N-dealkylation sites (tertiary alicyclic amines) is 1. The van der Waals surface area contributed by atoms with Gasteiger partial charge in [0.1, 0.15) is 6.54 Å². The molecule has 21 heavy (non-hydrogen) atoms. The minimum atomic E-state index is -0.0682. The predicted molar refractivity (Wildman–Crippen MR) is 80.7 cm³/mol. The van der Waals surface area contributed by atoms with E-state index in [1.165, 1.54) is 4.90 Å². The maximum Gasteiger partial charge on any atom is 0.242 e. The van der Waals surface area contributed by atoms with Crippen LogP contribution in [0.5, 0.6) is 0 Å². The first-order valence-electron chi connectivity index (χ1n) is 7.30. The Kier molecular flexibility index (Phi) is 5.73. The lowest BCUT2D eigenvalue weighted by Gasteiger charge is -2.32. The summed E-state index contributed by atoms with van der Waals surface area (Å²) < 4.78 is 0. The van der Waals surface area contributed by atoms with Crippen LogP contribution in [-0.4, -0.2) is 48.7 Å². The van der Waals surface area contributed by atoms with E-state index in [0.29, 0.717) is 6.54 Å². The Morgan fingerprint density at radius 1 is 1.43 bits per heavy atom. The molecule has 5 heteroatoms. The van der Waals surface area contributed by atoms with E-state index in [1.807, 2.05) is 30.3 Å². The largest absolute Gasteiger partial charge is 0.396 e. The smallest absolute Gasteiger partial charge is 0.242 e. The summed E-state index contributed by atoms with van der Waals surface area (Å²) in [5, 5.41) is 18.2. The molecule has 1 heterocycles. The third kappa shape index (κ3) is 4.28. The standard InChI is InChI=1S/C16H21N3O2/c17-8-10-19(15-6-2-1-3-7-15)16(21)12-18-9-4-5-14(11-18)13-20/h1-3,6-7,14,20H,4-5,9-13H2. The minimum absolute atomic E-state index is 0.0557. The van der Waals surface area contributed by atoms with Crippen LogP contribution in [0, 0.1) is 17.2 Å². The van der Waals surface area contributed by atoms with Crippen LogP contribution in [-0.2, 0) is 4.79 Å². The second-order valence-corrected chi connectivity index (χ2v) is 5.40. The first-order chi connectivity index (χ1) is 10.2. The van der Waals surface area contributed by atoms with E-state index in [9.17, 15) is 9.90 Å². The highest BCUT2D eigenvalue weighted by Gasteiger charge is 2.23. The lowest BCUT2D eigenvalue weighted by atomic mass is 9.99. The molecule has 1 amide bonds. The van der Waals surface area contributed by atoms with Gasteiger partial charge in [-0.1, -0.05) is 18.2 Å². The van der Waals surface area contributed by atoms with E-state index < -0.39 is 0 Å². The number of carbonyl (C=O) groups excluding carboxylic acids is 1. The molecule has 1 atom stereocenters. The van der Waals surface area contributed by atoms with Gasteiger partial charge < -0.3 is 5.11 Å². The Labute approximate surface area is 125 Å². The number of nitrogens with zero attached hydrogens (tertiary/aromatic N) is 3. The molecule has 1 saturated heterocycles. The average Bonchev–Trinajstić information content (AvgIpc) is 2.53. The molecule has 2 rings (SSSR count). The Hall–Kier alpha value is -1.90. The van der Waals surface area contributed by atoms with Gasteiger partial charge in [-0.3, -0.25) is 14.6 Å². The van der Waals surface area contributed by atoms with E-state index in [2.05, 4.69) is 11.0 Å². The molecule has 1 fully saturated rings. The Morgan fingerprint density at radius 2 is 2.19 bits per heavy atom. The predicted octanol–water partition coefficient (Wildman–Crippen LogP) is 1.25. The normalized spacial score (nSPS) is 19.0. The summed E-state index contributed by atoms with van der Waals surface area (Å²) in [6.07, 6.45) is 2.02. The van der Waals surface area contributed by atoms with Crippen LogP contribution in [0.3, 0.4) is 0 Å². The SMILES string of the molecule is N#CCN(C(=O)CN1CCCC(CO)C1)c1ccccc1. The van der Waals surface area contributed by atoms with Gasteiger partial charge in [0.2, 0.25) is 5.91 Å². The molecule has 1 unspecified atom stereocenters. The van der Waals surface area contributed by atoms with Gasteiger partial charge in [0.05, 0.1) is 12.6 Å². The quantitative estimate of drug-likeness (QED) is 0.828. The second-order valence-electron chi connectivity index (χ2n) is 5.40. The summed E-state index contributed by atoms with van der Waals surface area (Å²) in [7, 11) is 0. The van der Waals surface area contributed by atoms with Crippen molar-refractivity contribution in [2.75, 3.05) is 37.7 Å². The van der Waals surface area contributed by atoms with Crippen LogP contribution < -0.4 is 4.90 Å². The van der Waals surface area contributed by atoms with Gasteiger partial charge in [-0.2, -0.15) is 5.26 Å². The molecule has 0 aromatic heterocycles. The molecule has 5 nitrogen and oxygen atoms in total. The summed E-state index contributed by atoms with van der Waals surface area (Å²) in [6.45, 7) is 2.15. The number of aliphatic hydroxyl groups is 1. The van der Waals surface area contributed by atoms with Crippen LogP contribution >= 0.6 is 0 Å². The number of para-hydroxylation sites is 1. The van der Waals surface area contributed by atoms with Crippen LogP contribution in [0.2, 0.25) is 0 Å². The number of aliphatic hydroxyl groups excluding tert-OH is 1. The van der Waals surface area contributed by atoms with Gasteiger partial charge in [0.15, 0.2) is 0 Å². The Bertz CT molecular complexity index is 498. The molecule has 0 bridgehead atoms. The summed E-state index contributed by atoms with van der Waals surface area (Å²) in [4.78, 5) is 16.1. The Morgan fingerprint density at radius 3 is 2.86 bits per heavy atom. The van der Waals surface area contributed by atoms with Crippen LogP contribution in [0.25, 0.3) is 0 Å². The van der Waals surface area contributed by atoms with Crippen LogP contribution in [0.1, 0.15) is 12.8 Å². The molecule has 112 valence electrons. The number of anilines is 1. The number of benzene rings is 1. The average molecular weight is 287 g/mol. The van der Waals surface area contributed by atoms with Gasteiger partial charge in [0, 0.05) is 18.8 Å². The van der Waals surface area contributed by atoms with Crippen molar-refractivity contribution < 1.29 is 9.90 Å². The van der Waals surface area contributed by atoms with Crippen molar-refractivity contribution in [2.24, 2.45) is 5.92 Å². The summed E-state index contributed by atoms with van der Waals surface area (Å²) in [5.41, 5.74) is 0.750. The number of hydrogen-bond donors (Lipinski definition) is 1. The van der Waals surface area contributed by atoms with E-state index >= 15 is 0 Å². The van der Waals surface area contributed by atoms with Crippen molar-refractivity contribution in [3.05, 3.63) is 30.3 Å². The van der Waals surface area contributed by atoms with Crippen LogP contribution in [0.4, 0.5) is 5.69 Å². The highest BCUT2D eigenvalue weighted by molar-refractivity contribution is 5.95. The summed E-state index contributed by atoms with van der Waals surface area (Å²) in [6, 6.07) is 11.3. The summed E-state index contributed by atoms with van der Waals surface area (Å²) in [5.74, 6) is 0.189. The summed E-state index contributed by atoms with van der Waals surface area (Å²) >= 11 is 0. The number of nitriles is 1. The van der Waals surface area contributed by atoms with Crippen molar-refractivity contribution in [1.82, 2.24) is 4.90 Å². The topological polar surface area (TPSA) is 67.6 Å². The number of hydrogen-bond acceptors (Lipinski definition) is 4. The maximum atomic E-state index is 12.5. The van der Waals surface area contributed by atoms with Gasteiger partial charge in [-0.05, 0) is 37.4 Å². The molecule has 1 aromatic rings. The highest BCUT2D eigenvalue weighted by Crippen LogP contribution is 2.17. The molecule has 0 spiro atoms. The zero-order chi connectivity index (χ0) is 15.1. The van der Waals surface area contributed by atoms with Crippen molar-refractivity contribution in [3.8, 4) is 6.07 Å². The van der Waals surface area contributed by atoms with Gasteiger partial charge in [-0.15, -0.1) is 0 Å². The van der Waals surface area contributed by atoms with E-state index in [4.69, 9.17) is 5.26 Å².